The number of hydrogen-bond donors (Lipinski definition) is 1. The third-order valence-corrected chi connectivity index (χ3v) is 2.99. The average molecular weight is 210 g/mol. The molecule has 1 fully saturated rings. The highest BCUT2D eigenvalue weighted by atomic mass is 16.2. The molecule has 1 heterocycles. The van der Waals surface area contributed by atoms with Crippen molar-refractivity contribution >= 4 is 5.91 Å². The third kappa shape index (κ3) is 4.47. The lowest BCUT2D eigenvalue weighted by atomic mass is 9.96. The molecule has 0 aromatic heterocycles. The van der Waals surface area contributed by atoms with E-state index in [1.54, 1.807) is 11.0 Å². The highest BCUT2D eigenvalue weighted by molar-refractivity contribution is 5.76. The fraction of sp³-hybridized carbons (Fsp3) is 0.750. The van der Waals surface area contributed by atoms with Gasteiger partial charge in [-0.1, -0.05) is 6.08 Å². The van der Waals surface area contributed by atoms with Crippen LogP contribution >= 0.6 is 0 Å². The van der Waals surface area contributed by atoms with Crippen LogP contribution in [-0.2, 0) is 4.79 Å². The van der Waals surface area contributed by atoms with Crippen molar-refractivity contribution in [1.82, 2.24) is 10.2 Å². The lowest BCUT2D eigenvalue weighted by Crippen LogP contribution is -2.28. The zero-order valence-electron chi connectivity index (χ0n) is 9.67. The summed E-state index contributed by atoms with van der Waals surface area (Å²) in [5, 5.41) is 3.36. The van der Waals surface area contributed by atoms with Crippen LogP contribution in [0.4, 0.5) is 0 Å². The van der Waals surface area contributed by atoms with Crippen molar-refractivity contribution in [3.05, 3.63) is 12.7 Å². The summed E-state index contributed by atoms with van der Waals surface area (Å²) in [5.41, 5.74) is 0. The summed E-state index contributed by atoms with van der Waals surface area (Å²) in [6, 6.07) is 0. The second kappa shape index (κ2) is 6.62. The molecule has 1 unspecified atom stereocenters. The molecule has 1 aliphatic heterocycles. The smallest absolute Gasteiger partial charge is 0.222 e. The van der Waals surface area contributed by atoms with Crippen LogP contribution < -0.4 is 5.32 Å². The lowest BCUT2D eigenvalue weighted by molar-refractivity contribution is -0.130. The van der Waals surface area contributed by atoms with E-state index in [4.69, 9.17) is 0 Å². The number of hydrogen-bond acceptors (Lipinski definition) is 2. The number of amides is 1. The van der Waals surface area contributed by atoms with Crippen molar-refractivity contribution in [3.63, 3.8) is 0 Å². The van der Waals surface area contributed by atoms with E-state index < -0.39 is 0 Å². The minimum Gasteiger partial charge on any atom is -0.342 e. The standard InChI is InChI=1S/C12H22N2O/c1-3-9-14(2)12(15)10-11-5-4-7-13-8-6-11/h3,11,13H,1,4-10H2,2H3. The maximum Gasteiger partial charge on any atom is 0.222 e. The molecule has 1 aliphatic rings. The van der Waals surface area contributed by atoms with Gasteiger partial charge in [-0.05, 0) is 38.3 Å². The zero-order valence-corrected chi connectivity index (χ0v) is 9.67. The predicted molar refractivity (Wildman–Crippen MR) is 62.7 cm³/mol. The van der Waals surface area contributed by atoms with Crippen molar-refractivity contribution < 1.29 is 4.79 Å². The molecule has 0 aromatic carbocycles. The van der Waals surface area contributed by atoms with Gasteiger partial charge in [0.25, 0.3) is 0 Å². The third-order valence-electron chi connectivity index (χ3n) is 2.99. The number of rotatable bonds is 4. The first kappa shape index (κ1) is 12.2. The van der Waals surface area contributed by atoms with Gasteiger partial charge in [-0.2, -0.15) is 0 Å². The van der Waals surface area contributed by atoms with Crippen LogP contribution in [0.1, 0.15) is 25.7 Å². The van der Waals surface area contributed by atoms with Crippen LogP contribution in [0.2, 0.25) is 0 Å². The Bertz CT molecular complexity index is 208. The van der Waals surface area contributed by atoms with Gasteiger partial charge in [0.1, 0.15) is 0 Å². The molecule has 0 aromatic rings. The number of nitrogens with one attached hydrogen (secondary N) is 1. The van der Waals surface area contributed by atoms with E-state index >= 15 is 0 Å². The minimum atomic E-state index is 0.252. The van der Waals surface area contributed by atoms with Gasteiger partial charge in [0.15, 0.2) is 0 Å². The summed E-state index contributed by atoms with van der Waals surface area (Å²) in [7, 11) is 1.85. The van der Waals surface area contributed by atoms with Crippen LogP contribution in [-0.4, -0.2) is 37.5 Å². The average Bonchev–Trinajstić information content (AvgIpc) is 2.46. The number of nitrogens with zero attached hydrogens (tertiary/aromatic N) is 1. The van der Waals surface area contributed by atoms with Gasteiger partial charge in [-0.3, -0.25) is 4.79 Å². The van der Waals surface area contributed by atoms with Gasteiger partial charge >= 0.3 is 0 Å². The van der Waals surface area contributed by atoms with Gasteiger partial charge in [0.05, 0.1) is 0 Å². The Balaban J connectivity index is 2.31. The summed E-state index contributed by atoms with van der Waals surface area (Å²) in [4.78, 5) is 13.5. The van der Waals surface area contributed by atoms with E-state index in [-0.39, 0.29) is 5.91 Å². The maximum atomic E-state index is 11.8. The van der Waals surface area contributed by atoms with E-state index in [2.05, 4.69) is 11.9 Å². The van der Waals surface area contributed by atoms with Crippen LogP contribution in [0.25, 0.3) is 0 Å². The van der Waals surface area contributed by atoms with Crippen molar-refractivity contribution in [2.45, 2.75) is 25.7 Å². The van der Waals surface area contributed by atoms with Gasteiger partial charge in [0, 0.05) is 20.0 Å². The van der Waals surface area contributed by atoms with Crippen LogP contribution in [0, 0.1) is 5.92 Å². The van der Waals surface area contributed by atoms with Crippen LogP contribution in [0.15, 0.2) is 12.7 Å². The fourth-order valence-electron chi connectivity index (χ4n) is 1.99. The highest BCUT2D eigenvalue weighted by Crippen LogP contribution is 2.18. The SMILES string of the molecule is C=CCN(C)C(=O)CC1CCCNCC1. The second-order valence-electron chi connectivity index (χ2n) is 4.31. The van der Waals surface area contributed by atoms with E-state index in [0.717, 1.165) is 19.5 Å². The summed E-state index contributed by atoms with van der Waals surface area (Å²) in [6.07, 6.45) is 5.98. The molecule has 0 bridgehead atoms. The Kier molecular flexibility index (Phi) is 5.40. The number of carbonyl (C=O) groups is 1. The molecule has 1 N–H and O–H groups in total. The Morgan fingerprint density at radius 2 is 2.33 bits per heavy atom. The van der Waals surface area contributed by atoms with E-state index in [9.17, 15) is 4.79 Å². The molecule has 15 heavy (non-hydrogen) atoms. The lowest BCUT2D eigenvalue weighted by Gasteiger charge is -2.19. The highest BCUT2D eigenvalue weighted by Gasteiger charge is 2.17. The molecule has 3 heteroatoms. The van der Waals surface area contributed by atoms with Crippen molar-refractivity contribution in [1.29, 1.82) is 0 Å². The number of carbonyl (C=O) groups excluding carboxylic acids is 1. The van der Waals surface area contributed by atoms with E-state index in [1.807, 2.05) is 7.05 Å². The Morgan fingerprint density at radius 1 is 1.53 bits per heavy atom. The first-order chi connectivity index (χ1) is 7.24. The molecule has 0 spiro atoms. The summed E-state index contributed by atoms with van der Waals surface area (Å²) >= 11 is 0. The number of likely N-dealkylation sites (N-methyl/N-ethyl adjacent to an activating group) is 1. The molecule has 1 rings (SSSR count). The topological polar surface area (TPSA) is 32.3 Å². The van der Waals surface area contributed by atoms with Crippen molar-refractivity contribution in [2.24, 2.45) is 5.92 Å². The van der Waals surface area contributed by atoms with Crippen LogP contribution in [0.3, 0.4) is 0 Å². The maximum absolute atomic E-state index is 11.8. The zero-order chi connectivity index (χ0) is 11.1. The molecular weight excluding hydrogens is 188 g/mol. The molecule has 3 nitrogen and oxygen atoms in total. The largest absolute Gasteiger partial charge is 0.342 e. The van der Waals surface area contributed by atoms with Crippen molar-refractivity contribution in [3.8, 4) is 0 Å². The summed E-state index contributed by atoms with van der Waals surface area (Å²) in [6.45, 7) is 6.46. The first-order valence-corrected chi connectivity index (χ1v) is 5.79. The van der Waals surface area contributed by atoms with Gasteiger partial charge in [-0.25, -0.2) is 0 Å². The molecule has 0 radical (unpaired) electrons. The van der Waals surface area contributed by atoms with Gasteiger partial charge in [-0.15, -0.1) is 6.58 Å². The van der Waals surface area contributed by atoms with Gasteiger partial charge in [0.2, 0.25) is 5.91 Å². The minimum absolute atomic E-state index is 0.252. The second-order valence-corrected chi connectivity index (χ2v) is 4.31. The van der Waals surface area contributed by atoms with Gasteiger partial charge < -0.3 is 10.2 Å². The normalized spacial score (nSPS) is 21.8. The quantitative estimate of drug-likeness (QED) is 0.712. The molecule has 1 atom stereocenters. The Morgan fingerprint density at radius 3 is 3.07 bits per heavy atom. The first-order valence-electron chi connectivity index (χ1n) is 5.79. The molecule has 0 aliphatic carbocycles. The summed E-state index contributed by atoms with van der Waals surface area (Å²) < 4.78 is 0. The van der Waals surface area contributed by atoms with E-state index in [1.165, 1.54) is 12.8 Å². The monoisotopic (exact) mass is 210 g/mol. The Hall–Kier alpha value is -0.830. The van der Waals surface area contributed by atoms with Crippen molar-refractivity contribution in [2.75, 3.05) is 26.7 Å². The molecule has 86 valence electrons. The van der Waals surface area contributed by atoms with Crippen LogP contribution in [0.5, 0.6) is 0 Å². The predicted octanol–water partition coefficient (Wildman–Crippen LogP) is 1.41. The molecule has 0 saturated carbocycles. The summed E-state index contributed by atoms with van der Waals surface area (Å²) in [5.74, 6) is 0.821. The fourth-order valence-corrected chi connectivity index (χ4v) is 1.99. The van der Waals surface area contributed by atoms with E-state index in [0.29, 0.717) is 18.9 Å². The molecular formula is C12H22N2O. The Labute approximate surface area is 92.5 Å². The molecule has 1 amide bonds. The molecule has 1 saturated heterocycles.